The van der Waals surface area contributed by atoms with Crippen LogP contribution in [0.4, 0.5) is 0 Å². The summed E-state index contributed by atoms with van der Waals surface area (Å²) in [5.41, 5.74) is 0. The second-order valence-corrected chi connectivity index (χ2v) is 3.94. The van der Waals surface area contributed by atoms with E-state index in [9.17, 15) is 4.79 Å². The van der Waals surface area contributed by atoms with Gasteiger partial charge in [-0.15, -0.1) is 0 Å². The van der Waals surface area contributed by atoms with Gasteiger partial charge in [0, 0.05) is 13.0 Å². The van der Waals surface area contributed by atoms with Crippen LogP contribution in [0.3, 0.4) is 0 Å². The number of hydrogen-bond donors (Lipinski definition) is 1. The lowest BCUT2D eigenvalue weighted by molar-refractivity contribution is -0.117. The molecular formula is C13H28O2. The van der Waals surface area contributed by atoms with E-state index in [0.29, 0.717) is 12.4 Å². The number of aliphatic hydroxyl groups excluding tert-OH is 1. The van der Waals surface area contributed by atoms with Crippen LogP contribution in [0.2, 0.25) is 0 Å². The maximum atomic E-state index is 10.3. The molecule has 0 fully saturated rings. The highest BCUT2D eigenvalue weighted by atomic mass is 16.2. The number of hydrogen-bond acceptors (Lipinski definition) is 2. The minimum atomic E-state index is 0.318. The molecule has 0 saturated carbocycles. The Morgan fingerprint density at radius 3 is 1.87 bits per heavy atom. The van der Waals surface area contributed by atoms with E-state index in [0.717, 1.165) is 19.3 Å². The van der Waals surface area contributed by atoms with Gasteiger partial charge in [0.15, 0.2) is 0 Å². The van der Waals surface area contributed by atoms with Crippen molar-refractivity contribution in [2.24, 2.45) is 0 Å². The van der Waals surface area contributed by atoms with Crippen LogP contribution in [0.25, 0.3) is 0 Å². The topological polar surface area (TPSA) is 37.3 Å². The maximum absolute atomic E-state index is 10.3. The average Bonchev–Trinajstić information content (AvgIpc) is 2.20. The van der Waals surface area contributed by atoms with Gasteiger partial charge < -0.3 is 9.90 Å². The Bertz CT molecular complexity index is 118. The zero-order valence-corrected chi connectivity index (χ0v) is 10.7. The number of carbonyl (C=O) groups excluding carboxylic acids is 1. The first-order valence-corrected chi connectivity index (χ1v) is 6.29. The summed E-state index contributed by atoms with van der Waals surface area (Å²) in [4.78, 5) is 10.3. The van der Waals surface area contributed by atoms with Crippen molar-refractivity contribution in [3.05, 3.63) is 0 Å². The quantitative estimate of drug-likeness (QED) is 0.628. The van der Waals surface area contributed by atoms with Crippen LogP contribution >= 0.6 is 0 Å². The molecule has 0 rings (SSSR count). The number of unbranched alkanes of at least 4 members (excludes halogenated alkanes) is 5. The third-order valence-corrected chi connectivity index (χ3v) is 2.14. The normalized spacial score (nSPS) is 9.33. The predicted octanol–water partition coefficient (Wildman–Crippen LogP) is 3.71. The Balaban J connectivity index is 0. The van der Waals surface area contributed by atoms with Crippen LogP contribution in [-0.2, 0) is 4.79 Å². The third kappa shape index (κ3) is 24.8. The van der Waals surface area contributed by atoms with Crippen LogP contribution in [0.15, 0.2) is 0 Å². The van der Waals surface area contributed by atoms with Crippen LogP contribution in [0.1, 0.15) is 72.1 Å². The molecular weight excluding hydrogens is 188 g/mol. The largest absolute Gasteiger partial charge is 0.396 e. The fourth-order valence-electron chi connectivity index (χ4n) is 1.16. The van der Waals surface area contributed by atoms with E-state index in [1.807, 2.05) is 0 Å². The molecule has 0 aliphatic heterocycles. The van der Waals surface area contributed by atoms with Crippen molar-refractivity contribution in [1.29, 1.82) is 0 Å². The summed E-state index contributed by atoms with van der Waals surface area (Å²) in [6, 6.07) is 0. The summed E-state index contributed by atoms with van der Waals surface area (Å²) >= 11 is 0. The molecule has 1 N–H and O–H groups in total. The number of carbonyl (C=O) groups is 1. The van der Waals surface area contributed by atoms with Crippen molar-refractivity contribution >= 4 is 5.78 Å². The van der Waals surface area contributed by atoms with E-state index >= 15 is 0 Å². The average molecular weight is 216 g/mol. The molecule has 0 bridgehead atoms. The molecule has 0 radical (unpaired) electrons. The van der Waals surface area contributed by atoms with Gasteiger partial charge in [-0.3, -0.25) is 0 Å². The molecule has 0 atom stereocenters. The zero-order valence-electron chi connectivity index (χ0n) is 10.7. The zero-order chi connectivity index (χ0) is 11.9. The van der Waals surface area contributed by atoms with Crippen LogP contribution < -0.4 is 0 Å². The number of rotatable bonds is 8. The molecule has 0 spiro atoms. The van der Waals surface area contributed by atoms with Gasteiger partial charge >= 0.3 is 0 Å². The number of Topliss-reactive ketones (excluding diaryl/α,β-unsaturated/α-hetero) is 1. The smallest absolute Gasteiger partial charge is 0.129 e. The van der Waals surface area contributed by atoms with Crippen molar-refractivity contribution in [2.75, 3.05) is 6.61 Å². The van der Waals surface area contributed by atoms with Crippen LogP contribution in [0.5, 0.6) is 0 Å². The maximum Gasteiger partial charge on any atom is 0.129 e. The summed E-state index contributed by atoms with van der Waals surface area (Å²) in [5, 5.41) is 8.29. The van der Waals surface area contributed by atoms with E-state index in [1.165, 1.54) is 32.1 Å². The molecule has 0 aliphatic carbocycles. The molecule has 0 unspecified atom stereocenters. The molecule has 0 aromatic heterocycles. The van der Waals surface area contributed by atoms with E-state index in [2.05, 4.69) is 13.8 Å². The summed E-state index contributed by atoms with van der Waals surface area (Å²) < 4.78 is 0. The highest BCUT2D eigenvalue weighted by molar-refractivity contribution is 5.75. The Labute approximate surface area is 95.1 Å². The van der Waals surface area contributed by atoms with Gasteiger partial charge in [-0.25, -0.2) is 0 Å². The van der Waals surface area contributed by atoms with Gasteiger partial charge in [0.1, 0.15) is 5.78 Å². The lowest BCUT2D eigenvalue weighted by Gasteiger charge is -1.90. The van der Waals surface area contributed by atoms with Crippen molar-refractivity contribution in [3.8, 4) is 0 Å². The Morgan fingerprint density at radius 1 is 0.933 bits per heavy atom. The minimum absolute atomic E-state index is 0.318. The van der Waals surface area contributed by atoms with Gasteiger partial charge in [-0.1, -0.05) is 46.0 Å². The molecule has 92 valence electrons. The fraction of sp³-hybridized carbons (Fsp3) is 0.923. The molecule has 2 nitrogen and oxygen atoms in total. The summed E-state index contributed by atoms with van der Waals surface area (Å²) in [5.74, 6) is 0.318. The van der Waals surface area contributed by atoms with Crippen LogP contribution in [0, 0.1) is 0 Å². The second kappa shape index (κ2) is 16.1. The molecule has 0 aromatic carbocycles. The molecule has 0 heterocycles. The van der Waals surface area contributed by atoms with Gasteiger partial charge in [-0.2, -0.15) is 0 Å². The number of ketones is 1. The summed E-state index contributed by atoms with van der Waals surface area (Å²) in [6.45, 7) is 6.31. The Kier molecular flexibility index (Phi) is 18.3. The van der Waals surface area contributed by atoms with Gasteiger partial charge in [0.2, 0.25) is 0 Å². The summed E-state index contributed by atoms with van der Waals surface area (Å²) in [6.07, 6.45) is 8.92. The second-order valence-electron chi connectivity index (χ2n) is 3.94. The molecule has 0 aliphatic rings. The van der Waals surface area contributed by atoms with Crippen molar-refractivity contribution < 1.29 is 9.90 Å². The van der Waals surface area contributed by atoms with Crippen LogP contribution in [-0.4, -0.2) is 17.5 Å². The van der Waals surface area contributed by atoms with Crippen molar-refractivity contribution in [3.63, 3.8) is 0 Å². The van der Waals surface area contributed by atoms with E-state index < -0.39 is 0 Å². The molecule has 0 saturated heterocycles. The monoisotopic (exact) mass is 216 g/mol. The fourth-order valence-corrected chi connectivity index (χ4v) is 1.16. The minimum Gasteiger partial charge on any atom is -0.396 e. The lowest BCUT2D eigenvalue weighted by atomic mass is 10.2. The van der Waals surface area contributed by atoms with Gasteiger partial charge in [0.05, 0.1) is 0 Å². The molecule has 0 amide bonds. The first kappa shape index (κ1) is 17.0. The third-order valence-electron chi connectivity index (χ3n) is 2.14. The highest BCUT2D eigenvalue weighted by Gasteiger charge is 1.89. The van der Waals surface area contributed by atoms with Gasteiger partial charge in [-0.05, 0) is 19.8 Å². The first-order chi connectivity index (χ1) is 7.18. The standard InChI is InChI=1S/C7H14O.C6H14O/c1-3-4-5-6-7(2)8;1-2-3-4-5-6-7/h3-6H2,1-2H3;7H,2-6H2,1H3. The van der Waals surface area contributed by atoms with Crippen molar-refractivity contribution in [2.45, 2.75) is 72.1 Å². The predicted molar refractivity (Wildman–Crippen MR) is 66.1 cm³/mol. The Hall–Kier alpha value is -0.370. The number of aliphatic hydroxyl groups is 1. The lowest BCUT2D eigenvalue weighted by Crippen LogP contribution is -1.87. The van der Waals surface area contributed by atoms with Gasteiger partial charge in [0.25, 0.3) is 0 Å². The Morgan fingerprint density at radius 2 is 1.47 bits per heavy atom. The molecule has 15 heavy (non-hydrogen) atoms. The first-order valence-electron chi connectivity index (χ1n) is 6.29. The summed E-state index contributed by atoms with van der Waals surface area (Å²) in [7, 11) is 0. The van der Waals surface area contributed by atoms with E-state index in [-0.39, 0.29) is 0 Å². The highest BCUT2D eigenvalue weighted by Crippen LogP contribution is 1.98. The molecule has 2 heteroatoms. The van der Waals surface area contributed by atoms with E-state index in [1.54, 1.807) is 6.92 Å². The van der Waals surface area contributed by atoms with E-state index in [4.69, 9.17) is 5.11 Å². The molecule has 0 aromatic rings. The van der Waals surface area contributed by atoms with Crippen molar-refractivity contribution in [1.82, 2.24) is 0 Å². The SMILES string of the molecule is CCCCCC(C)=O.CCCCCCO.